The van der Waals surface area contributed by atoms with Gasteiger partial charge in [-0.15, -0.1) is 11.3 Å². The Morgan fingerprint density at radius 3 is 2.95 bits per heavy atom. The van der Waals surface area contributed by atoms with Crippen LogP contribution in [-0.2, 0) is 6.42 Å². The summed E-state index contributed by atoms with van der Waals surface area (Å²) in [5.41, 5.74) is 4.41. The van der Waals surface area contributed by atoms with Gasteiger partial charge < -0.3 is 4.42 Å². The second-order valence-corrected chi connectivity index (χ2v) is 5.77. The van der Waals surface area contributed by atoms with E-state index in [9.17, 15) is 4.39 Å². The quantitative estimate of drug-likeness (QED) is 0.569. The van der Waals surface area contributed by atoms with Crippen molar-refractivity contribution in [2.75, 3.05) is 0 Å². The maximum Gasteiger partial charge on any atom is 0.134 e. The number of hydrazine groups is 1. The fourth-order valence-electron chi connectivity index (χ4n) is 2.40. The molecule has 5 heteroatoms. The first-order valence-electron chi connectivity index (χ1n) is 6.36. The minimum absolute atomic E-state index is 0.121. The summed E-state index contributed by atoms with van der Waals surface area (Å²) in [6.07, 6.45) is 0.747. The van der Waals surface area contributed by atoms with E-state index in [1.807, 2.05) is 18.4 Å². The number of furan rings is 1. The van der Waals surface area contributed by atoms with E-state index in [-0.39, 0.29) is 11.9 Å². The molecule has 0 bridgehead atoms. The van der Waals surface area contributed by atoms with E-state index in [4.69, 9.17) is 10.3 Å². The molecule has 0 aliphatic rings. The highest BCUT2D eigenvalue weighted by molar-refractivity contribution is 7.09. The second-order valence-electron chi connectivity index (χ2n) is 4.73. The van der Waals surface area contributed by atoms with Gasteiger partial charge in [-0.2, -0.15) is 0 Å². The third-order valence-corrected chi connectivity index (χ3v) is 4.34. The Labute approximate surface area is 120 Å². The van der Waals surface area contributed by atoms with E-state index in [1.165, 1.54) is 17.0 Å². The van der Waals surface area contributed by atoms with Gasteiger partial charge in [0, 0.05) is 22.2 Å². The predicted molar refractivity (Wildman–Crippen MR) is 79.0 cm³/mol. The summed E-state index contributed by atoms with van der Waals surface area (Å²) in [6.45, 7) is 1.93. The van der Waals surface area contributed by atoms with Gasteiger partial charge in [-0.05, 0) is 36.6 Å². The lowest BCUT2D eigenvalue weighted by atomic mass is 10.1. The van der Waals surface area contributed by atoms with Crippen molar-refractivity contribution >= 4 is 22.3 Å². The normalized spacial score (nSPS) is 12.9. The van der Waals surface area contributed by atoms with Gasteiger partial charge in [0.25, 0.3) is 0 Å². The topological polar surface area (TPSA) is 51.2 Å². The Bertz CT molecular complexity index is 721. The van der Waals surface area contributed by atoms with E-state index >= 15 is 0 Å². The fraction of sp³-hybridized carbons (Fsp3) is 0.200. The van der Waals surface area contributed by atoms with Crippen LogP contribution in [0.2, 0.25) is 0 Å². The first kappa shape index (κ1) is 13.3. The number of halogens is 1. The van der Waals surface area contributed by atoms with E-state index in [2.05, 4.69) is 11.5 Å². The summed E-state index contributed by atoms with van der Waals surface area (Å²) < 4.78 is 19.2. The molecular weight excluding hydrogens is 275 g/mol. The van der Waals surface area contributed by atoms with E-state index in [0.717, 1.165) is 23.1 Å². The van der Waals surface area contributed by atoms with Crippen molar-refractivity contribution in [1.82, 2.24) is 5.43 Å². The van der Waals surface area contributed by atoms with Crippen molar-refractivity contribution < 1.29 is 8.81 Å². The van der Waals surface area contributed by atoms with Crippen LogP contribution >= 0.6 is 11.3 Å². The maximum atomic E-state index is 13.3. The SMILES string of the molecule is Cc1c(C(Cc2cccs2)NN)oc2ccc(F)cc12. The Kier molecular flexibility index (Phi) is 3.56. The van der Waals surface area contributed by atoms with Crippen molar-refractivity contribution in [3.05, 3.63) is 57.7 Å². The highest BCUT2D eigenvalue weighted by atomic mass is 32.1. The average molecular weight is 290 g/mol. The van der Waals surface area contributed by atoms with Crippen LogP contribution in [0, 0.1) is 12.7 Å². The average Bonchev–Trinajstić information content (AvgIpc) is 3.05. The summed E-state index contributed by atoms with van der Waals surface area (Å²) >= 11 is 1.68. The molecule has 3 aromatic rings. The Hall–Kier alpha value is -1.69. The van der Waals surface area contributed by atoms with Gasteiger partial charge >= 0.3 is 0 Å². The van der Waals surface area contributed by atoms with Gasteiger partial charge in [-0.25, -0.2) is 9.82 Å². The Morgan fingerprint density at radius 1 is 1.40 bits per heavy atom. The predicted octanol–water partition coefficient (Wildman–Crippen LogP) is 3.69. The molecule has 3 nitrogen and oxygen atoms in total. The summed E-state index contributed by atoms with van der Waals surface area (Å²) in [4.78, 5) is 1.22. The van der Waals surface area contributed by atoms with Crippen molar-refractivity contribution in [3.63, 3.8) is 0 Å². The van der Waals surface area contributed by atoms with Gasteiger partial charge in [0.1, 0.15) is 17.2 Å². The molecule has 0 fully saturated rings. The molecule has 0 aliphatic heterocycles. The van der Waals surface area contributed by atoms with Crippen LogP contribution in [0.25, 0.3) is 11.0 Å². The van der Waals surface area contributed by atoms with Crippen molar-refractivity contribution in [3.8, 4) is 0 Å². The molecule has 2 aromatic heterocycles. The lowest BCUT2D eigenvalue weighted by molar-refractivity contribution is 0.433. The second kappa shape index (κ2) is 5.36. The van der Waals surface area contributed by atoms with Crippen LogP contribution in [0.5, 0.6) is 0 Å². The maximum absolute atomic E-state index is 13.3. The summed E-state index contributed by atoms with van der Waals surface area (Å²) in [6, 6.07) is 8.50. The van der Waals surface area contributed by atoms with Crippen LogP contribution in [0.3, 0.4) is 0 Å². The molecule has 0 spiro atoms. The lowest BCUT2D eigenvalue weighted by Crippen LogP contribution is -2.29. The van der Waals surface area contributed by atoms with Gasteiger partial charge in [-0.1, -0.05) is 6.07 Å². The first-order valence-corrected chi connectivity index (χ1v) is 7.24. The lowest BCUT2D eigenvalue weighted by Gasteiger charge is -2.13. The van der Waals surface area contributed by atoms with Crippen LogP contribution in [0.4, 0.5) is 4.39 Å². The molecule has 1 atom stereocenters. The monoisotopic (exact) mass is 290 g/mol. The molecule has 3 N–H and O–H groups in total. The van der Waals surface area contributed by atoms with Crippen molar-refractivity contribution in [1.29, 1.82) is 0 Å². The molecule has 2 heterocycles. The number of nitrogens with two attached hydrogens (primary N) is 1. The van der Waals surface area contributed by atoms with E-state index in [0.29, 0.717) is 5.58 Å². The summed E-state index contributed by atoms with van der Waals surface area (Å²) in [5.74, 6) is 6.17. The minimum Gasteiger partial charge on any atom is -0.459 e. The van der Waals surface area contributed by atoms with Crippen molar-refractivity contribution in [2.24, 2.45) is 5.84 Å². The molecule has 104 valence electrons. The molecule has 20 heavy (non-hydrogen) atoms. The summed E-state index contributed by atoms with van der Waals surface area (Å²) in [5, 5.41) is 2.83. The third-order valence-electron chi connectivity index (χ3n) is 3.44. The molecule has 3 rings (SSSR count). The number of thiophene rings is 1. The smallest absolute Gasteiger partial charge is 0.134 e. The van der Waals surface area contributed by atoms with Gasteiger partial charge in [-0.3, -0.25) is 5.84 Å². The number of hydrogen-bond donors (Lipinski definition) is 2. The van der Waals surface area contributed by atoms with Crippen LogP contribution < -0.4 is 11.3 Å². The molecular formula is C15H15FN2OS. The summed E-state index contributed by atoms with van der Waals surface area (Å²) in [7, 11) is 0. The van der Waals surface area contributed by atoms with Crippen LogP contribution in [0.1, 0.15) is 22.2 Å². The number of benzene rings is 1. The van der Waals surface area contributed by atoms with Crippen LogP contribution in [-0.4, -0.2) is 0 Å². The fourth-order valence-corrected chi connectivity index (χ4v) is 3.15. The largest absolute Gasteiger partial charge is 0.459 e. The zero-order valence-corrected chi connectivity index (χ0v) is 11.8. The van der Waals surface area contributed by atoms with E-state index < -0.39 is 0 Å². The van der Waals surface area contributed by atoms with Gasteiger partial charge in [0.15, 0.2) is 0 Å². The number of rotatable bonds is 4. The first-order chi connectivity index (χ1) is 9.69. The number of nitrogens with one attached hydrogen (secondary N) is 1. The Balaban J connectivity index is 2.01. The standard InChI is InChI=1S/C15H15FN2OS/c1-9-12-7-10(16)4-5-14(12)19-15(9)13(18-17)8-11-3-2-6-20-11/h2-7,13,18H,8,17H2,1H3. The molecule has 0 radical (unpaired) electrons. The van der Waals surface area contributed by atoms with E-state index in [1.54, 1.807) is 17.4 Å². The van der Waals surface area contributed by atoms with Gasteiger partial charge in [0.2, 0.25) is 0 Å². The molecule has 0 aliphatic carbocycles. The highest BCUT2D eigenvalue weighted by Gasteiger charge is 2.20. The zero-order chi connectivity index (χ0) is 14.1. The third kappa shape index (κ3) is 2.35. The molecule has 0 amide bonds. The van der Waals surface area contributed by atoms with Gasteiger partial charge in [0.05, 0.1) is 6.04 Å². The molecule has 0 saturated carbocycles. The highest BCUT2D eigenvalue weighted by Crippen LogP contribution is 2.31. The Morgan fingerprint density at radius 2 is 2.25 bits per heavy atom. The minimum atomic E-state index is -0.261. The molecule has 1 aromatic carbocycles. The zero-order valence-electron chi connectivity index (χ0n) is 11.0. The number of hydrogen-bond acceptors (Lipinski definition) is 4. The van der Waals surface area contributed by atoms with Crippen LogP contribution in [0.15, 0.2) is 40.1 Å². The number of fused-ring (bicyclic) bond motifs is 1. The number of aryl methyl sites for hydroxylation is 1. The molecule has 0 saturated heterocycles. The van der Waals surface area contributed by atoms with Crippen molar-refractivity contribution in [2.45, 2.75) is 19.4 Å². The molecule has 1 unspecified atom stereocenters.